The number of nitrogens with one attached hydrogen (secondary N) is 1. The van der Waals surface area contributed by atoms with Crippen molar-refractivity contribution in [1.29, 1.82) is 0 Å². The minimum absolute atomic E-state index is 0. The Morgan fingerprint density at radius 2 is 1.39 bits per heavy atom. The first-order valence-electron chi connectivity index (χ1n) is 11.5. The molecule has 4 rings (SSSR count). The summed E-state index contributed by atoms with van der Waals surface area (Å²) in [6.45, 7) is 0.620. The Kier molecular flexibility index (Phi) is 11.3. The van der Waals surface area contributed by atoms with Crippen LogP contribution in [0.1, 0.15) is 29.9 Å². The molecular formula is C26H33ClN2O7. The SMILES string of the molecule is COC(=O)[C@@H]1C[C@H](O)CN1.COC(=O)[C@@H]1C[C@H](O)CN1C(=O)C(c1ccccc1)c1ccccc1.Cl. The molecule has 1 amide bonds. The molecule has 2 fully saturated rings. The molecule has 2 heterocycles. The predicted molar refractivity (Wildman–Crippen MR) is 135 cm³/mol. The summed E-state index contributed by atoms with van der Waals surface area (Å²) in [5, 5.41) is 21.8. The number of halogens is 1. The molecule has 2 aliphatic rings. The van der Waals surface area contributed by atoms with Crippen LogP contribution >= 0.6 is 12.4 Å². The van der Waals surface area contributed by atoms with Crippen molar-refractivity contribution in [2.24, 2.45) is 0 Å². The molecule has 10 heteroatoms. The molecule has 0 saturated carbocycles. The number of likely N-dealkylation sites (tertiary alicyclic amines) is 1. The third-order valence-electron chi connectivity index (χ3n) is 6.14. The van der Waals surface area contributed by atoms with Gasteiger partial charge >= 0.3 is 11.9 Å². The Morgan fingerprint density at radius 3 is 1.83 bits per heavy atom. The summed E-state index contributed by atoms with van der Waals surface area (Å²) >= 11 is 0. The maximum Gasteiger partial charge on any atom is 0.328 e. The number of amides is 1. The number of β-amino-alcohol motifs (C(OH)–C–C–N with tert-alkyl or cyclic N) is 2. The normalized spacial score (nSPS) is 22.8. The van der Waals surface area contributed by atoms with Crippen molar-refractivity contribution in [3.63, 3.8) is 0 Å². The molecule has 0 aromatic heterocycles. The van der Waals surface area contributed by atoms with E-state index in [0.717, 1.165) is 11.1 Å². The highest BCUT2D eigenvalue weighted by Crippen LogP contribution is 2.30. The van der Waals surface area contributed by atoms with Crippen molar-refractivity contribution in [3.8, 4) is 0 Å². The molecule has 0 unspecified atom stereocenters. The van der Waals surface area contributed by atoms with Gasteiger partial charge in [-0.1, -0.05) is 60.7 Å². The molecule has 2 saturated heterocycles. The Morgan fingerprint density at radius 1 is 0.861 bits per heavy atom. The van der Waals surface area contributed by atoms with Crippen LogP contribution in [0.15, 0.2) is 60.7 Å². The fraction of sp³-hybridized carbons (Fsp3) is 0.423. The van der Waals surface area contributed by atoms with Gasteiger partial charge < -0.3 is 29.9 Å². The summed E-state index contributed by atoms with van der Waals surface area (Å²) in [6, 6.07) is 17.9. The van der Waals surface area contributed by atoms with Crippen LogP contribution in [0.5, 0.6) is 0 Å². The number of carbonyl (C=O) groups excluding carboxylic acids is 3. The minimum Gasteiger partial charge on any atom is -0.468 e. The van der Waals surface area contributed by atoms with Crippen molar-refractivity contribution in [1.82, 2.24) is 10.2 Å². The average molecular weight is 521 g/mol. The van der Waals surface area contributed by atoms with Gasteiger partial charge in [-0.15, -0.1) is 12.4 Å². The Labute approximate surface area is 216 Å². The van der Waals surface area contributed by atoms with E-state index in [0.29, 0.717) is 13.0 Å². The van der Waals surface area contributed by atoms with Crippen molar-refractivity contribution in [2.45, 2.75) is 43.1 Å². The average Bonchev–Trinajstić information content (AvgIpc) is 3.50. The molecule has 2 aliphatic heterocycles. The number of benzene rings is 2. The smallest absolute Gasteiger partial charge is 0.328 e. The molecule has 3 N–H and O–H groups in total. The second-order valence-corrected chi connectivity index (χ2v) is 8.55. The first-order valence-corrected chi connectivity index (χ1v) is 11.5. The number of aliphatic hydroxyl groups is 2. The second kappa shape index (κ2) is 13.9. The van der Waals surface area contributed by atoms with Crippen LogP contribution in [0.3, 0.4) is 0 Å². The van der Waals surface area contributed by atoms with Gasteiger partial charge in [0.25, 0.3) is 0 Å². The summed E-state index contributed by atoms with van der Waals surface area (Å²) in [7, 11) is 2.64. The fourth-order valence-electron chi connectivity index (χ4n) is 4.39. The maximum absolute atomic E-state index is 13.3. The molecule has 0 spiro atoms. The van der Waals surface area contributed by atoms with Gasteiger partial charge in [0.2, 0.25) is 5.91 Å². The Bertz CT molecular complexity index is 953. The fourth-order valence-corrected chi connectivity index (χ4v) is 4.39. The lowest BCUT2D eigenvalue weighted by Gasteiger charge is -2.28. The number of ether oxygens (including phenoxy) is 2. The van der Waals surface area contributed by atoms with E-state index in [9.17, 15) is 19.5 Å². The van der Waals surface area contributed by atoms with Crippen LogP contribution in [0.4, 0.5) is 0 Å². The number of methoxy groups -OCH3 is 2. The van der Waals surface area contributed by atoms with Crippen molar-refractivity contribution in [3.05, 3.63) is 71.8 Å². The standard InChI is InChI=1S/C20H21NO4.C6H11NO3.ClH/c1-25-20(24)17-12-16(22)13-21(17)19(23)18(14-8-4-2-5-9-14)15-10-6-3-7-11-15;1-10-6(9)5-2-4(8)3-7-5;/h2-11,16-18,22H,12-13H2,1H3;4-5,7-8H,2-3H2,1H3;1H/t16-,17-;4-,5-;/m00./s1. The summed E-state index contributed by atoms with van der Waals surface area (Å²) < 4.78 is 9.28. The molecule has 36 heavy (non-hydrogen) atoms. The molecule has 0 radical (unpaired) electrons. The Balaban J connectivity index is 0.000000350. The number of carbonyl (C=O) groups is 3. The zero-order valence-corrected chi connectivity index (χ0v) is 21.1. The van der Waals surface area contributed by atoms with Gasteiger partial charge in [0.1, 0.15) is 12.1 Å². The van der Waals surface area contributed by atoms with Gasteiger partial charge in [0, 0.05) is 25.9 Å². The van der Waals surface area contributed by atoms with E-state index in [-0.39, 0.29) is 43.3 Å². The van der Waals surface area contributed by atoms with Gasteiger partial charge in [-0.3, -0.25) is 9.59 Å². The highest BCUT2D eigenvalue weighted by atomic mass is 35.5. The monoisotopic (exact) mass is 520 g/mol. The first-order chi connectivity index (χ1) is 16.8. The maximum atomic E-state index is 13.3. The van der Waals surface area contributed by atoms with Gasteiger partial charge in [-0.05, 0) is 11.1 Å². The third kappa shape index (κ3) is 7.27. The van der Waals surface area contributed by atoms with Crippen LogP contribution in [0.25, 0.3) is 0 Å². The van der Waals surface area contributed by atoms with E-state index in [4.69, 9.17) is 9.84 Å². The van der Waals surface area contributed by atoms with Crippen molar-refractivity contribution >= 4 is 30.3 Å². The van der Waals surface area contributed by atoms with E-state index in [1.54, 1.807) is 0 Å². The molecule has 9 nitrogen and oxygen atoms in total. The predicted octanol–water partition coefficient (Wildman–Crippen LogP) is 1.26. The van der Waals surface area contributed by atoms with Gasteiger partial charge in [0.15, 0.2) is 0 Å². The van der Waals surface area contributed by atoms with E-state index >= 15 is 0 Å². The zero-order chi connectivity index (χ0) is 25.4. The molecule has 0 aliphatic carbocycles. The van der Waals surface area contributed by atoms with Crippen LogP contribution < -0.4 is 5.32 Å². The summed E-state index contributed by atoms with van der Waals surface area (Å²) in [5.74, 6) is -1.52. The van der Waals surface area contributed by atoms with Crippen LogP contribution in [-0.2, 0) is 23.9 Å². The highest BCUT2D eigenvalue weighted by Gasteiger charge is 2.42. The van der Waals surface area contributed by atoms with Crippen molar-refractivity contribution in [2.75, 3.05) is 27.3 Å². The summed E-state index contributed by atoms with van der Waals surface area (Å²) in [5.41, 5.74) is 1.70. The second-order valence-electron chi connectivity index (χ2n) is 8.55. The summed E-state index contributed by atoms with van der Waals surface area (Å²) in [6.07, 6.45) is -0.453. The lowest BCUT2D eigenvalue weighted by molar-refractivity contribution is -0.151. The summed E-state index contributed by atoms with van der Waals surface area (Å²) in [4.78, 5) is 37.6. The lowest BCUT2D eigenvalue weighted by Crippen LogP contribution is -2.43. The van der Waals surface area contributed by atoms with Gasteiger partial charge in [-0.25, -0.2) is 4.79 Å². The molecule has 4 atom stereocenters. The Hall–Kier alpha value is -2.98. The number of hydrogen-bond donors (Lipinski definition) is 3. The number of nitrogens with zero attached hydrogens (tertiary/aromatic N) is 1. The van der Waals surface area contributed by atoms with Gasteiger partial charge in [-0.2, -0.15) is 0 Å². The third-order valence-corrected chi connectivity index (χ3v) is 6.14. The molecule has 2 aromatic rings. The van der Waals surface area contributed by atoms with Crippen LogP contribution in [0, 0.1) is 0 Å². The number of rotatable bonds is 5. The number of esters is 2. The first kappa shape index (κ1) is 29.3. The quantitative estimate of drug-likeness (QED) is 0.503. The zero-order valence-electron chi connectivity index (χ0n) is 20.3. The van der Waals surface area contributed by atoms with E-state index in [2.05, 4.69) is 10.1 Å². The molecule has 2 aromatic carbocycles. The van der Waals surface area contributed by atoms with Gasteiger partial charge in [0.05, 0.1) is 32.3 Å². The molecular weight excluding hydrogens is 488 g/mol. The van der Waals surface area contributed by atoms with Crippen LogP contribution in [-0.4, -0.2) is 84.6 Å². The lowest BCUT2D eigenvalue weighted by atomic mass is 9.90. The topological polar surface area (TPSA) is 125 Å². The number of aliphatic hydroxyl groups excluding tert-OH is 2. The largest absolute Gasteiger partial charge is 0.468 e. The molecule has 0 bridgehead atoms. The minimum atomic E-state index is -0.748. The molecule has 196 valence electrons. The van der Waals surface area contributed by atoms with E-state index < -0.39 is 30.1 Å². The highest BCUT2D eigenvalue weighted by molar-refractivity contribution is 5.91. The van der Waals surface area contributed by atoms with E-state index in [1.165, 1.54) is 19.1 Å². The van der Waals surface area contributed by atoms with Crippen molar-refractivity contribution < 1.29 is 34.1 Å². The number of hydrogen-bond acceptors (Lipinski definition) is 8. The van der Waals surface area contributed by atoms with Crippen LogP contribution in [0.2, 0.25) is 0 Å². The van der Waals surface area contributed by atoms with E-state index in [1.807, 2.05) is 60.7 Å².